The number of carbonyl (C=O) groups excluding carboxylic acids is 2. The van der Waals surface area contributed by atoms with E-state index in [1.165, 1.54) is 24.8 Å². The van der Waals surface area contributed by atoms with Crippen molar-refractivity contribution in [1.29, 1.82) is 0 Å². The Hall–Kier alpha value is -1.91. The molecule has 5 aliphatic carbocycles. The maximum atomic E-state index is 14.7. The molecule has 3 fully saturated rings. The van der Waals surface area contributed by atoms with E-state index in [0.717, 1.165) is 37.7 Å². The summed E-state index contributed by atoms with van der Waals surface area (Å²) in [7, 11) is 0. The lowest BCUT2D eigenvalue weighted by Crippen LogP contribution is -2.67. The lowest BCUT2D eigenvalue weighted by molar-refractivity contribution is -0.185. The van der Waals surface area contributed by atoms with E-state index in [-0.39, 0.29) is 34.1 Å². The van der Waals surface area contributed by atoms with Gasteiger partial charge in [0.2, 0.25) is 0 Å². The van der Waals surface area contributed by atoms with Gasteiger partial charge in [-0.15, -0.1) is 0 Å². The average molecular weight is 550 g/mol. The number of carbonyl (C=O) groups is 2. The van der Waals surface area contributed by atoms with Crippen LogP contribution in [-0.4, -0.2) is 23.5 Å². The quantitative estimate of drug-likeness (QED) is 0.282. The Morgan fingerprint density at radius 2 is 1.82 bits per heavy atom. The van der Waals surface area contributed by atoms with Crippen molar-refractivity contribution in [2.45, 2.75) is 119 Å². The van der Waals surface area contributed by atoms with Crippen LogP contribution in [-0.2, 0) is 26.2 Å². The maximum Gasteiger partial charge on any atom is 0.319 e. The van der Waals surface area contributed by atoms with Gasteiger partial charge in [-0.2, -0.15) is 0 Å². The second-order valence-corrected chi connectivity index (χ2v) is 15.8. The number of rotatable bonds is 4. The lowest BCUT2D eigenvalue weighted by Gasteiger charge is -2.69. The molecule has 5 nitrogen and oxygen atoms in total. The van der Waals surface area contributed by atoms with Gasteiger partial charge >= 0.3 is 5.97 Å². The van der Waals surface area contributed by atoms with Gasteiger partial charge < -0.3 is 9.26 Å². The molecule has 6 rings (SSSR count). The fraction of sp³-hybridized carbons (Fsp3) is 0.800. The molecule has 1 aromatic heterocycles. The molecule has 0 amide bonds. The minimum absolute atomic E-state index is 0.0258. The molecule has 0 spiro atoms. The van der Waals surface area contributed by atoms with E-state index in [0.29, 0.717) is 42.3 Å². The summed E-state index contributed by atoms with van der Waals surface area (Å²) in [4.78, 5) is 28.6. The predicted octanol–water partition coefficient (Wildman–Crippen LogP) is 7.87. The van der Waals surface area contributed by atoms with Crippen LogP contribution in [0.25, 0.3) is 0 Å². The molecular formula is C35H51NO4. The van der Waals surface area contributed by atoms with E-state index in [4.69, 9.17) is 9.26 Å². The summed E-state index contributed by atoms with van der Waals surface area (Å²) in [5, 5.41) is 4.18. The van der Waals surface area contributed by atoms with Crippen molar-refractivity contribution in [3.8, 4) is 0 Å². The van der Waals surface area contributed by atoms with Crippen LogP contribution in [0.2, 0.25) is 0 Å². The number of unbranched alkanes of at least 4 members (excludes halogenated alkanes) is 1. The van der Waals surface area contributed by atoms with E-state index in [1.807, 2.05) is 6.92 Å². The predicted molar refractivity (Wildman–Crippen MR) is 155 cm³/mol. The Kier molecular flexibility index (Phi) is 6.38. The third-order valence-electron chi connectivity index (χ3n) is 13.9. The highest BCUT2D eigenvalue weighted by Crippen LogP contribution is 2.74. The van der Waals surface area contributed by atoms with Crippen LogP contribution in [0.1, 0.15) is 118 Å². The standard InChI is InChI=1S/C35H51NO4/c1-9-10-17-39-30(38)35(8)26-12-14-34(7)28(32(26,5)19-23-20-36-40-29(23)35)25(37)18-24-27-22(3)21(2)11-13-31(27,4)15-16-33(24,34)6/h18,20-22,26-28H,9-17,19H2,1-8H3/t21-,22+,26-,27+,28-,31-,32+,33-,34-,35-/m1/s1. The highest BCUT2D eigenvalue weighted by Gasteiger charge is 2.72. The van der Waals surface area contributed by atoms with Gasteiger partial charge in [0.15, 0.2) is 11.5 Å². The fourth-order valence-corrected chi connectivity index (χ4v) is 11.3. The molecule has 5 heteroatoms. The Morgan fingerprint density at radius 3 is 2.55 bits per heavy atom. The molecular weight excluding hydrogens is 498 g/mol. The van der Waals surface area contributed by atoms with Crippen molar-refractivity contribution in [3.63, 3.8) is 0 Å². The summed E-state index contributed by atoms with van der Waals surface area (Å²) in [5.74, 6) is 2.26. The van der Waals surface area contributed by atoms with E-state index < -0.39 is 10.8 Å². The molecule has 0 bridgehead atoms. The zero-order chi connectivity index (χ0) is 28.9. The van der Waals surface area contributed by atoms with Crippen molar-refractivity contribution in [2.75, 3.05) is 6.61 Å². The molecule has 1 heterocycles. The minimum atomic E-state index is -0.947. The molecule has 5 aliphatic rings. The number of ketones is 1. The van der Waals surface area contributed by atoms with Crippen molar-refractivity contribution in [2.24, 2.45) is 51.2 Å². The molecule has 0 aliphatic heterocycles. The number of hydrogen-bond acceptors (Lipinski definition) is 5. The van der Waals surface area contributed by atoms with E-state index in [1.54, 1.807) is 6.20 Å². The number of hydrogen-bond donors (Lipinski definition) is 0. The first kappa shape index (κ1) is 28.2. The zero-order valence-electron chi connectivity index (χ0n) is 26.2. The van der Waals surface area contributed by atoms with Gasteiger partial charge in [-0.05, 0) is 110 Å². The monoisotopic (exact) mass is 549 g/mol. The molecule has 10 atom stereocenters. The summed E-state index contributed by atoms with van der Waals surface area (Å²) in [6, 6.07) is 0. The number of allylic oxidation sites excluding steroid dienone is 2. The Morgan fingerprint density at radius 1 is 1.07 bits per heavy atom. The van der Waals surface area contributed by atoms with Gasteiger partial charge in [0.05, 0.1) is 12.8 Å². The van der Waals surface area contributed by atoms with Crippen molar-refractivity contribution in [1.82, 2.24) is 5.16 Å². The first-order valence-corrected chi connectivity index (χ1v) is 16.1. The van der Waals surface area contributed by atoms with Crippen LogP contribution < -0.4 is 0 Å². The van der Waals surface area contributed by atoms with E-state index in [9.17, 15) is 9.59 Å². The molecule has 40 heavy (non-hydrogen) atoms. The van der Waals surface area contributed by atoms with E-state index in [2.05, 4.69) is 59.7 Å². The SMILES string of the molecule is CCCCOC(=O)[C@@]1(C)c2oncc2C[C@@]2(C)[C@H]1CC[C@]1(C)[C@@H]2C(=O)C=C2[C@@H]3[C@@H](C)[C@H](C)CC[C@]3(C)CC[C@]21C. The Bertz CT molecular complexity index is 1250. The molecule has 220 valence electrons. The first-order valence-electron chi connectivity index (χ1n) is 16.1. The number of ether oxygens (including phenoxy) is 1. The second-order valence-electron chi connectivity index (χ2n) is 15.8. The summed E-state index contributed by atoms with van der Waals surface area (Å²) < 4.78 is 11.7. The lowest BCUT2D eigenvalue weighted by atomic mass is 9.33. The maximum absolute atomic E-state index is 14.7. The number of nitrogens with zero attached hydrogens (tertiary/aromatic N) is 1. The molecule has 0 radical (unpaired) electrons. The molecule has 3 saturated carbocycles. The van der Waals surface area contributed by atoms with Crippen LogP contribution in [0.15, 0.2) is 22.4 Å². The third-order valence-corrected chi connectivity index (χ3v) is 13.9. The van der Waals surface area contributed by atoms with Gasteiger partial charge in [-0.1, -0.05) is 65.6 Å². The second kappa shape index (κ2) is 9.04. The number of aromatic nitrogens is 1. The summed E-state index contributed by atoms with van der Waals surface area (Å²) in [6.45, 7) is 19.1. The normalized spacial score (nSPS) is 47.6. The fourth-order valence-electron chi connectivity index (χ4n) is 11.3. The molecule has 0 N–H and O–H groups in total. The summed E-state index contributed by atoms with van der Waals surface area (Å²) in [6.07, 6.45) is 13.2. The molecule has 0 saturated heterocycles. The molecule has 0 unspecified atom stereocenters. The van der Waals surface area contributed by atoms with Gasteiger partial charge in [-0.25, -0.2) is 0 Å². The summed E-state index contributed by atoms with van der Waals surface area (Å²) in [5.41, 5.74) is 1.18. The average Bonchev–Trinajstić information content (AvgIpc) is 3.36. The summed E-state index contributed by atoms with van der Waals surface area (Å²) >= 11 is 0. The molecule has 0 aromatic carbocycles. The number of fused-ring (bicyclic) bond motifs is 8. The Balaban J connectivity index is 1.47. The number of esters is 1. The van der Waals surface area contributed by atoms with Crippen LogP contribution in [0.4, 0.5) is 0 Å². The van der Waals surface area contributed by atoms with E-state index >= 15 is 0 Å². The van der Waals surface area contributed by atoms with Gasteiger partial charge in [0.1, 0.15) is 5.41 Å². The van der Waals surface area contributed by atoms with Crippen molar-refractivity contribution >= 4 is 11.8 Å². The van der Waals surface area contributed by atoms with Crippen molar-refractivity contribution in [3.05, 3.63) is 29.2 Å². The van der Waals surface area contributed by atoms with Gasteiger partial charge in [-0.3, -0.25) is 9.59 Å². The topological polar surface area (TPSA) is 69.4 Å². The van der Waals surface area contributed by atoms with Crippen molar-refractivity contribution < 1.29 is 18.8 Å². The highest BCUT2D eigenvalue weighted by molar-refractivity contribution is 5.96. The first-order chi connectivity index (χ1) is 18.8. The van der Waals surface area contributed by atoms with Crippen LogP contribution in [0, 0.1) is 51.2 Å². The largest absolute Gasteiger partial charge is 0.465 e. The highest BCUT2D eigenvalue weighted by atomic mass is 16.5. The zero-order valence-corrected chi connectivity index (χ0v) is 26.2. The van der Waals surface area contributed by atoms with Gasteiger partial charge in [0, 0.05) is 11.5 Å². The molecule has 1 aromatic rings. The van der Waals surface area contributed by atoms with Crippen LogP contribution >= 0.6 is 0 Å². The van der Waals surface area contributed by atoms with Crippen LogP contribution in [0.3, 0.4) is 0 Å². The van der Waals surface area contributed by atoms with Crippen LogP contribution in [0.5, 0.6) is 0 Å². The smallest absolute Gasteiger partial charge is 0.319 e. The Labute approximate surface area is 241 Å². The third kappa shape index (κ3) is 3.41. The minimum Gasteiger partial charge on any atom is -0.465 e. The van der Waals surface area contributed by atoms with Gasteiger partial charge in [0.25, 0.3) is 0 Å².